The fourth-order valence-corrected chi connectivity index (χ4v) is 3.39. The SMILES string of the molecule is Cn1ccnc1C(=O)NCc1cc2c(cc1F)[C@@](C#CC1CC1)(C(C)(F)F)NC(=O)N2. The zero-order valence-corrected chi connectivity index (χ0v) is 16.9. The number of anilines is 1. The van der Waals surface area contributed by atoms with Crippen molar-refractivity contribution in [1.29, 1.82) is 0 Å². The summed E-state index contributed by atoms with van der Waals surface area (Å²) in [5.74, 6) is 0.611. The van der Waals surface area contributed by atoms with E-state index < -0.39 is 29.2 Å². The summed E-state index contributed by atoms with van der Waals surface area (Å²) < 4.78 is 45.9. The summed E-state index contributed by atoms with van der Waals surface area (Å²) in [7, 11) is 1.64. The van der Waals surface area contributed by atoms with Crippen LogP contribution in [0.25, 0.3) is 0 Å². The van der Waals surface area contributed by atoms with Gasteiger partial charge in [0, 0.05) is 55.6 Å². The van der Waals surface area contributed by atoms with Gasteiger partial charge in [0.25, 0.3) is 11.8 Å². The normalized spacial score (nSPS) is 20.1. The first-order valence-electron chi connectivity index (χ1n) is 9.69. The van der Waals surface area contributed by atoms with E-state index in [9.17, 15) is 22.8 Å². The molecule has 3 amide bonds. The standard InChI is InChI=1S/C21H20F3N5O2/c1-20(23,24)21(6-5-12-3-4-12)14-10-15(22)13(9-16(14)27-19(31)28-21)11-26-18(30)17-25-7-8-29(17)2/h7-10,12H,3-4,11H2,1-2H3,(H,26,30)(H2,27,28,31)/t21-/m0/s1. The van der Waals surface area contributed by atoms with Crippen LogP contribution in [0.5, 0.6) is 0 Å². The van der Waals surface area contributed by atoms with Gasteiger partial charge in [0.15, 0.2) is 11.4 Å². The van der Waals surface area contributed by atoms with E-state index in [4.69, 9.17) is 0 Å². The molecule has 10 heteroatoms. The van der Waals surface area contributed by atoms with Crippen molar-refractivity contribution in [2.45, 2.75) is 37.8 Å². The van der Waals surface area contributed by atoms with Gasteiger partial charge in [-0.05, 0) is 25.0 Å². The molecule has 2 aliphatic rings. The number of carbonyl (C=O) groups is 2. The van der Waals surface area contributed by atoms with Crippen molar-refractivity contribution in [2.24, 2.45) is 13.0 Å². The molecule has 1 saturated carbocycles. The van der Waals surface area contributed by atoms with Crippen LogP contribution in [-0.4, -0.2) is 27.4 Å². The molecule has 2 aromatic rings. The number of alkyl halides is 2. The van der Waals surface area contributed by atoms with Crippen molar-refractivity contribution in [1.82, 2.24) is 20.2 Å². The number of nitrogens with one attached hydrogen (secondary N) is 3. The van der Waals surface area contributed by atoms with Gasteiger partial charge in [-0.1, -0.05) is 11.8 Å². The smallest absolute Gasteiger partial charge is 0.320 e. The maximum absolute atomic E-state index is 14.9. The number of rotatable bonds is 4. The molecule has 1 fully saturated rings. The predicted molar refractivity (Wildman–Crippen MR) is 106 cm³/mol. The Kier molecular flexibility index (Phi) is 4.92. The maximum Gasteiger partial charge on any atom is 0.320 e. The van der Waals surface area contributed by atoms with Crippen LogP contribution in [0.15, 0.2) is 24.5 Å². The highest BCUT2D eigenvalue weighted by Gasteiger charge is 2.55. The van der Waals surface area contributed by atoms with E-state index in [1.54, 1.807) is 13.2 Å². The van der Waals surface area contributed by atoms with Crippen LogP contribution >= 0.6 is 0 Å². The molecule has 1 aromatic heterocycles. The third kappa shape index (κ3) is 3.83. The molecule has 0 spiro atoms. The number of aryl methyl sites for hydroxylation is 1. The number of carbonyl (C=O) groups excluding carboxylic acids is 2. The molecular weight excluding hydrogens is 411 g/mol. The third-order valence-corrected chi connectivity index (χ3v) is 5.30. The van der Waals surface area contributed by atoms with Crippen LogP contribution in [0.3, 0.4) is 0 Å². The Hall–Kier alpha value is -3.48. The molecule has 31 heavy (non-hydrogen) atoms. The molecule has 1 aromatic carbocycles. The molecule has 1 atom stereocenters. The summed E-state index contributed by atoms with van der Waals surface area (Å²) in [6.07, 6.45) is 4.65. The number of benzene rings is 1. The number of fused-ring (bicyclic) bond motifs is 1. The van der Waals surface area contributed by atoms with Gasteiger partial charge in [-0.2, -0.15) is 0 Å². The van der Waals surface area contributed by atoms with Crippen molar-refractivity contribution in [2.75, 3.05) is 5.32 Å². The quantitative estimate of drug-likeness (QED) is 0.651. The Morgan fingerprint density at radius 3 is 2.77 bits per heavy atom. The largest absolute Gasteiger partial charge is 0.345 e. The summed E-state index contributed by atoms with van der Waals surface area (Å²) in [5, 5.41) is 7.18. The highest BCUT2D eigenvalue weighted by molar-refractivity contribution is 5.95. The zero-order chi connectivity index (χ0) is 22.4. The van der Waals surface area contributed by atoms with Crippen LogP contribution in [0.1, 0.15) is 41.5 Å². The summed E-state index contributed by atoms with van der Waals surface area (Å²) >= 11 is 0. The van der Waals surface area contributed by atoms with Crippen LogP contribution < -0.4 is 16.0 Å². The van der Waals surface area contributed by atoms with Crippen LogP contribution in [0.4, 0.5) is 23.7 Å². The maximum atomic E-state index is 14.9. The molecule has 0 saturated heterocycles. The second-order valence-corrected chi connectivity index (χ2v) is 7.79. The van der Waals surface area contributed by atoms with E-state index in [0.717, 1.165) is 18.9 Å². The van der Waals surface area contributed by atoms with Gasteiger partial charge in [0.2, 0.25) is 0 Å². The van der Waals surface area contributed by atoms with Gasteiger partial charge < -0.3 is 20.5 Å². The van der Waals surface area contributed by atoms with E-state index >= 15 is 0 Å². The van der Waals surface area contributed by atoms with E-state index in [-0.39, 0.29) is 35.1 Å². The van der Waals surface area contributed by atoms with Gasteiger partial charge in [-0.25, -0.2) is 22.9 Å². The Morgan fingerprint density at radius 2 is 2.16 bits per heavy atom. The Bertz CT molecular complexity index is 1120. The molecule has 1 aliphatic heterocycles. The minimum absolute atomic E-state index is 0.0000761. The second kappa shape index (κ2) is 7.34. The first-order chi connectivity index (χ1) is 14.6. The number of hydrogen-bond donors (Lipinski definition) is 3. The zero-order valence-electron chi connectivity index (χ0n) is 16.9. The Balaban J connectivity index is 1.69. The molecular formula is C21H20F3N5O2. The van der Waals surface area contributed by atoms with Crippen molar-refractivity contribution >= 4 is 17.6 Å². The average molecular weight is 431 g/mol. The Morgan fingerprint density at radius 1 is 1.42 bits per heavy atom. The fraction of sp³-hybridized carbons (Fsp3) is 0.381. The monoisotopic (exact) mass is 431 g/mol. The lowest BCUT2D eigenvalue weighted by Gasteiger charge is -2.40. The van der Waals surface area contributed by atoms with E-state index in [0.29, 0.717) is 6.92 Å². The molecule has 162 valence electrons. The number of urea groups is 1. The van der Waals surface area contributed by atoms with E-state index in [1.807, 2.05) is 0 Å². The average Bonchev–Trinajstić information content (AvgIpc) is 3.42. The van der Waals surface area contributed by atoms with E-state index in [2.05, 4.69) is 32.8 Å². The molecule has 4 rings (SSSR count). The van der Waals surface area contributed by atoms with Gasteiger partial charge in [0.05, 0.1) is 0 Å². The molecule has 2 heterocycles. The van der Waals surface area contributed by atoms with E-state index in [1.165, 1.54) is 16.8 Å². The van der Waals surface area contributed by atoms with Crippen molar-refractivity contribution < 1.29 is 22.8 Å². The number of amides is 3. The van der Waals surface area contributed by atoms with Crippen molar-refractivity contribution in [3.63, 3.8) is 0 Å². The molecule has 0 bridgehead atoms. The number of aromatic nitrogens is 2. The summed E-state index contributed by atoms with van der Waals surface area (Å²) in [5.41, 5.74) is -2.49. The van der Waals surface area contributed by atoms with Gasteiger partial charge in [-0.15, -0.1) is 0 Å². The topological polar surface area (TPSA) is 88.1 Å². The van der Waals surface area contributed by atoms with Gasteiger partial charge in [0.1, 0.15) is 5.82 Å². The third-order valence-electron chi connectivity index (χ3n) is 5.30. The summed E-state index contributed by atoms with van der Waals surface area (Å²) in [6.45, 7) is 0.417. The first kappa shape index (κ1) is 20.8. The molecule has 7 nitrogen and oxygen atoms in total. The summed E-state index contributed by atoms with van der Waals surface area (Å²) in [6, 6.07) is 1.30. The van der Waals surface area contributed by atoms with Crippen molar-refractivity contribution in [3.8, 4) is 11.8 Å². The van der Waals surface area contributed by atoms with Gasteiger partial charge in [-0.3, -0.25) is 4.79 Å². The Labute approximate surface area is 176 Å². The van der Waals surface area contributed by atoms with Crippen molar-refractivity contribution in [3.05, 3.63) is 47.3 Å². The number of halogens is 3. The minimum Gasteiger partial charge on any atom is -0.345 e. The van der Waals surface area contributed by atoms with Crippen LogP contribution in [0.2, 0.25) is 0 Å². The number of hydrogen-bond acceptors (Lipinski definition) is 3. The highest BCUT2D eigenvalue weighted by atomic mass is 19.3. The highest BCUT2D eigenvalue weighted by Crippen LogP contribution is 2.44. The second-order valence-electron chi connectivity index (χ2n) is 7.79. The molecule has 1 aliphatic carbocycles. The fourth-order valence-electron chi connectivity index (χ4n) is 3.39. The summed E-state index contributed by atoms with van der Waals surface area (Å²) in [4.78, 5) is 28.3. The first-order valence-corrected chi connectivity index (χ1v) is 9.69. The van der Waals surface area contributed by atoms with Gasteiger partial charge >= 0.3 is 6.03 Å². The number of imidazole rings is 1. The number of nitrogens with zero attached hydrogens (tertiary/aromatic N) is 2. The molecule has 0 radical (unpaired) electrons. The lowest BCUT2D eigenvalue weighted by Crippen LogP contribution is -2.59. The minimum atomic E-state index is -3.48. The predicted octanol–water partition coefficient (Wildman–Crippen LogP) is 2.89. The lowest BCUT2D eigenvalue weighted by molar-refractivity contribution is -0.0465. The van der Waals surface area contributed by atoms with Crippen LogP contribution in [0, 0.1) is 23.6 Å². The lowest BCUT2D eigenvalue weighted by atomic mass is 9.81. The molecule has 3 N–H and O–H groups in total. The van der Waals surface area contributed by atoms with Crippen LogP contribution in [-0.2, 0) is 19.1 Å². The molecule has 0 unspecified atom stereocenters.